The molecule has 2 amide bonds. The minimum atomic E-state index is -1.57. The minimum absolute atomic E-state index is 0. The SMILES string of the molecule is C.C.C=CC(=O)OCC(CO)(COC(=O)C=C)COC(=O)C=C.C=CC(=O)OCC(COC(=O)C=C)(COC(=O)C=C)COC(=O)Nc1ccc(NC(=O)OCC(COC(=O)C=C)(COC(=O)C=C)COC(=O)C=C)c(C)c1.Cc1cc(N=C=O)ccc1N=C=O. The van der Waals surface area contributed by atoms with Crippen molar-refractivity contribution in [2.45, 2.75) is 28.7 Å². The number of nitrogens with one attached hydrogen (secondary N) is 2. The molecule has 0 aliphatic carbocycles. The van der Waals surface area contributed by atoms with Gasteiger partial charge < -0.3 is 57.2 Å². The van der Waals surface area contributed by atoms with Gasteiger partial charge in [0.1, 0.15) is 83.5 Å². The molecule has 2 rings (SSSR count). The van der Waals surface area contributed by atoms with Crippen LogP contribution in [0.1, 0.15) is 26.0 Å². The van der Waals surface area contributed by atoms with Gasteiger partial charge in [-0.15, -0.1) is 0 Å². The number of carbonyl (C=O) groups is 11. The molecule has 0 fully saturated rings. The summed E-state index contributed by atoms with van der Waals surface area (Å²) in [5, 5.41) is 14.5. The Kier molecular flexibility index (Phi) is 42.2. The van der Waals surface area contributed by atoms with Gasteiger partial charge in [0.2, 0.25) is 12.2 Å². The van der Waals surface area contributed by atoms with Gasteiger partial charge in [0.15, 0.2) is 0 Å². The number of benzene rings is 2. The van der Waals surface area contributed by atoms with Gasteiger partial charge in [0.05, 0.1) is 23.4 Å². The van der Waals surface area contributed by atoms with E-state index in [1.54, 1.807) is 32.0 Å². The van der Waals surface area contributed by atoms with Crippen molar-refractivity contribution < 1.29 is 120 Å². The van der Waals surface area contributed by atoms with Gasteiger partial charge in [-0.1, -0.05) is 74.1 Å². The molecule has 0 atom stereocenters. The maximum absolute atomic E-state index is 12.9. The van der Waals surface area contributed by atoms with Crippen molar-refractivity contribution in [3.63, 3.8) is 0 Å². The zero-order valence-electron chi connectivity index (χ0n) is 48.6. The summed E-state index contributed by atoms with van der Waals surface area (Å²) < 4.78 is 55.8. The predicted octanol–water partition coefficient (Wildman–Crippen LogP) is 6.79. The minimum Gasteiger partial charge on any atom is -0.462 e. The monoisotopic (exact) mass is 1270 g/mol. The maximum atomic E-state index is 12.9. The van der Waals surface area contributed by atoms with Gasteiger partial charge in [0.25, 0.3) is 0 Å². The molecular formula is C62H74N4O25. The summed E-state index contributed by atoms with van der Waals surface area (Å²) in [5.74, 6) is -7.32. The highest BCUT2D eigenvalue weighted by Gasteiger charge is 2.39. The molecule has 0 unspecified atom stereocenters. The van der Waals surface area contributed by atoms with Crippen LogP contribution in [0.4, 0.5) is 32.3 Å². The first-order valence-corrected chi connectivity index (χ1v) is 25.3. The summed E-state index contributed by atoms with van der Waals surface area (Å²) in [7, 11) is 0. The lowest BCUT2D eigenvalue weighted by molar-refractivity contribution is -0.161. The Hall–Kier alpha value is -11.4. The number of esters is 9. The molecule has 0 aliphatic heterocycles. The molecule has 2 aromatic rings. The maximum Gasteiger partial charge on any atom is 0.411 e. The number of aliphatic hydroxyl groups is 1. The number of isocyanates is 2. The van der Waals surface area contributed by atoms with Crippen LogP contribution in [0, 0.1) is 30.1 Å². The number of aliphatic imine (C=N–C) groups is 2. The van der Waals surface area contributed by atoms with Crippen molar-refractivity contribution in [2.24, 2.45) is 26.2 Å². The Bertz CT molecular complexity index is 2880. The fourth-order valence-electron chi connectivity index (χ4n) is 5.87. The van der Waals surface area contributed by atoms with Crippen LogP contribution in [-0.2, 0) is 105 Å². The molecule has 0 bridgehead atoms. The van der Waals surface area contributed by atoms with Crippen molar-refractivity contribution in [3.05, 3.63) is 161 Å². The van der Waals surface area contributed by atoms with Crippen LogP contribution in [-0.4, -0.2) is 162 Å². The third-order valence-electron chi connectivity index (χ3n) is 10.8. The van der Waals surface area contributed by atoms with Crippen LogP contribution in [0.5, 0.6) is 0 Å². The highest BCUT2D eigenvalue weighted by molar-refractivity contribution is 5.89. The quantitative estimate of drug-likeness (QED) is 0.0208. The van der Waals surface area contributed by atoms with Gasteiger partial charge in [-0.25, -0.2) is 62.3 Å². The van der Waals surface area contributed by atoms with Crippen molar-refractivity contribution in [3.8, 4) is 0 Å². The zero-order valence-corrected chi connectivity index (χ0v) is 48.6. The van der Waals surface area contributed by atoms with E-state index in [4.69, 9.17) is 52.1 Å². The van der Waals surface area contributed by atoms with E-state index in [1.165, 1.54) is 30.4 Å². The number of carbonyl (C=O) groups excluding carboxylic acids is 13. The highest BCUT2D eigenvalue weighted by atomic mass is 16.6. The van der Waals surface area contributed by atoms with Crippen molar-refractivity contribution >= 4 is 101 Å². The lowest BCUT2D eigenvalue weighted by Gasteiger charge is -2.31. The molecule has 0 radical (unpaired) electrons. The number of aliphatic hydroxyl groups excluding tert-OH is 1. The predicted molar refractivity (Wildman–Crippen MR) is 326 cm³/mol. The van der Waals surface area contributed by atoms with Crippen molar-refractivity contribution in [1.82, 2.24) is 0 Å². The summed E-state index contributed by atoms with van der Waals surface area (Å²) in [5.41, 5.74) is -1.80. The van der Waals surface area contributed by atoms with Gasteiger partial charge in [-0.3, -0.25) is 10.6 Å². The summed E-state index contributed by atoms with van der Waals surface area (Å²) >= 11 is 0. The number of amides is 2. The van der Waals surface area contributed by atoms with Crippen LogP contribution < -0.4 is 10.6 Å². The smallest absolute Gasteiger partial charge is 0.411 e. The number of rotatable bonds is 36. The number of aryl methyl sites for hydroxylation is 2. The van der Waals surface area contributed by atoms with E-state index < -0.39 is 142 Å². The second-order valence-corrected chi connectivity index (χ2v) is 17.8. The number of hydrogen-bond donors (Lipinski definition) is 3. The Morgan fingerprint density at radius 2 is 0.692 bits per heavy atom. The summed E-state index contributed by atoms with van der Waals surface area (Å²) in [6, 6.07) is 9.07. The third-order valence-corrected chi connectivity index (χ3v) is 10.8. The van der Waals surface area contributed by atoms with Crippen LogP contribution in [0.3, 0.4) is 0 Å². The highest BCUT2D eigenvalue weighted by Crippen LogP contribution is 2.27. The fraction of sp³-hybridized carbons (Fsp3) is 0.306. The molecule has 91 heavy (non-hydrogen) atoms. The number of hydrogen-bond acceptors (Lipinski definition) is 27. The number of anilines is 2. The third kappa shape index (κ3) is 34.5. The molecule has 29 nitrogen and oxygen atoms in total. The van der Waals surface area contributed by atoms with E-state index in [-0.39, 0.29) is 46.0 Å². The normalized spacial score (nSPS) is 9.84. The zero-order chi connectivity index (χ0) is 67.4. The topological polar surface area (TPSA) is 392 Å². The molecule has 0 spiro atoms. The summed E-state index contributed by atoms with van der Waals surface area (Å²) in [6.07, 6.45) is 8.87. The Labute approximate surface area is 525 Å². The average Bonchev–Trinajstić information content (AvgIpc) is 1.55. The van der Waals surface area contributed by atoms with Crippen LogP contribution >= 0.6 is 0 Å². The van der Waals surface area contributed by atoms with Gasteiger partial charge >= 0.3 is 65.9 Å². The number of ether oxygens (including phenoxy) is 11. The molecule has 0 aromatic heterocycles. The molecular weight excluding hydrogens is 1200 g/mol. The molecule has 492 valence electrons. The van der Waals surface area contributed by atoms with Crippen LogP contribution in [0.2, 0.25) is 0 Å². The molecule has 0 heterocycles. The van der Waals surface area contributed by atoms with E-state index in [1.807, 2.05) is 0 Å². The lowest BCUT2D eigenvalue weighted by atomic mass is 9.92. The Morgan fingerprint density at radius 3 is 0.956 bits per heavy atom. The van der Waals surface area contributed by atoms with Gasteiger partial charge in [-0.05, 0) is 61.4 Å². The van der Waals surface area contributed by atoms with Crippen LogP contribution in [0.15, 0.2) is 160 Å². The van der Waals surface area contributed by atoms with Crippen molar-refractivity contribution in [2.75, 3.05) is 89.9 Å². The Balaban J connectivity index is -0.00000174. The Morgan fingerprint density at radius 1 is 0.407 bits per heavy atom. The molecule has 0 saturated heterocycles. The first-order valence-electron chi connectivity index (χ1n) is 25.3. The summed E-state index contributed by atoms with van der Waals surface area (Å²) in [6.45, 7) is 26.9. The van der Waals surface area contributed by atoms with Crippen molar-refractivity contribution in [1.29, 1.82) is 0 Å². The second-order valence-electron chi connectivity index (χ2n) is 17.8. The van der Waals surface area contributed by atoms with E-state index >= 15 is 0 Å². The summed E-state index contributed by atoms with van der Waals surface area (Å²) in [4.78, 5) is 157. The molecule has 0 saturated carbocycles. The fourth-order valence-corrected chi connectivity index (χ4v) is 5.87. The molecule has 2 aromatic carbocycles. The van der Waals surface area contributed by atoms with Crippen LogP contribution in [0.25, 0.3) is 0 Å². The van der Waals surface area contributed by atoms with E-state index in [2.05, 4.69) is 79.8 Å². The van der Waals surface area contributed by atoms with E-state index in [0.29, 0.717) is 16.9 Å². The largest absolute Gasteiger partial charge is 0.462 e. The molecule has 29 heteroatoms. The standard InChI is InChI=1S/C37H42N2O16.C14H18O7.C9H6N2O2.2CH4/c1-8-28(40)48-17-36(18-49-29(41)9-2,19-50-30(42)10-3)23-54-34(46)38-26-14-15-27(25(7)16-26)39-35(47)55-24-37(20-51-31(43)11-4,21-52-32(44)12-5)22-53-33(45)13-6;1-4-11(16)19-8-14(7-15,9-20-12(17)5-2)10-21-13(18)6-3;1-7-4-8(10-5-12)2-3-9(7)11-6-13;;/h8-16H,1-6,17-24H2,7H3,(H,38,46)(H,39,47);4-6,15H,1-3,7-10H2;2-4H,1H3;2*1H4. The molecule has 3 N–H and O–H groups in total. The second kappa shape index (κ2) is 45.8. The number of nitrogens with zero attached hydrogens (tertiary/aromatic N) is 2. The average molecular weight is 1280 g/mol. The van der Waals surface area contributed by atoms with Gasteiger partial charge in [0, 0.05) is 66.1 Å². The van der Waals surface area contributed by atoms with E-state index in [9.17, 15) is 67.4 Å². The molecule has 0 aliphatic rings. The first kappa shape index (κ1) is 83.8. The first-order chi connectivity index (χ1) is 42.3. The van der Waals surface area contributed by atoms with E-state index in [0.717, 1.165) is 60.2 Å². The lowest BCUT2D eigenvalue weighted by Crippen LogP contribution is -2.44. The van der Waals surface area contributed by atoms with Gasteiger partial charge in [-0.2, -0.15) is 9.98 Å².